The van der Waals surface area contributed by atoms with E-state index in [4.69, 9.17) is 16.9 Å². The van der Waals surface area contributed by atoms with E-state index in [-0.39, 0.29) is 10.6 Å². The van der Waals surface area contributed by atoms with E-state index in [1.807, 2.05) is 13.0 Å². The zero-order valence-electron chi connectivity index (χ0n) is 16.4. The highest BCUT2D eigenvalue weighted by Crippen LogP contribution is 2.32. The molecular formula is C20H16ClF3N6O. The van der Waals surface area contributed by atoms with Gasteiger partial charge in [0, 0.05) is 23.2 Å². The van der Waals surface area contributed by atoms with E-state index in [0.717, 1.165) is 18.2 Å². The number of nitrogens with zero attached hydrogens (tertiary/aromatic N) is 5. The number of aromatic nitrogens is 4. The maximum Gasteiger partial charge on any atom is 0.416 e. The third-order valence-electron chi connectivity index (χ3n) is 4.31. The lowest BCUT2D eigenvalue weighted by molar-refractivity contribution is -0.137. The monoisotopic (exact) mass is 448 g/mol. The number of carbonyl (C=O) groups excluding carboxylic acids is 1. The molecule has 0 saturated carbocycles. The van der Waals surface area contributed by atoms with Gasteiger partial charge in [-0.1, -0.05) is 18.5 Å². The normalized spacial score (nSPS) is 12.3. The Morgan fingerprint density at radius 1 is 1.32 bits per heavy atom. The van der Waals surface area contributed by atoms with Crippen molar-refractivity contribution >= 4 is 17.5 Å². The summed E-state index contributed by atoms with van der Waals surface area (Å²) >= 11 is 5.77. The Morgan fingerprint density at radius 3 is 2.65 bits per heavy atom. The fourth-order valence-electron chi connectivity index (χ4n) is 2.77. The molecule has 3 aromatic rings. The van der Waals surface area contributed by atoms with Gasteiger partial charge in [-0.25, -0.2) is 9.97 Å². The number of nitriles is 1. The summed E-state index contributed by atoms with van der Waals surface area (Å²) in [4.78, 5) is 21.2. The molecule has 0 spiro atoms. The number of amides is 1. The first-order chi connectivity index (χ1) is 14.6. The molecule has 0 unspecified atom stereocenters. The molecule has 11 heteroatoms. The summed E-state index contributed by atoms with van der Waals surface area (Å²) in [5.74, 6) is 0.454. The molecule has 0 aliphatic carbocycles. The first kappa shape index (κ1) is 22.2. The second kappa shape index (κ2) is 8.73. The van der Waals surface area contributed by atoms with E-state index in [1.54, 1.807) is 19.1 Å². The number of hydrogen-bond acceptors (Lipinski definition) is 5. The summed E-state index contributed by atoms with van der Waals surface area (Å²) in [5.41, 5.74) is -0.884. The highest BCUT2D eigenvalue weighted by molar-refractivity contribution is 6.31. The standard InChI is InChI=1S/C20H16ClF3N6O/c1-3-16-28-18(30(29-16)17-5-4-12(9-25)10-26-17)11(2)27-19(31)13-6-14(20(22,23)24)8-15(21)7-13/h4-8,10-11H,3H2,1-2H3,(H,27,31)/t11-/m0/s1. The average molecular weight is 449 g/mol. The van der Waals surface area contributed by atoms with Crippen LogP contribution in [0.25, 0.3) is 5.82 Å². The number of nitrogens with one attached hydrogen (secondary N) is 1. The molecule has 7 nitrogen and oxygen atoms in total. The van der Waals surface area contributed by atoms with Crippen LogP contribution in [0, 0.1) is 11.3 Å². The van der Waals surface area contributed by atoms with Gasteiger partial charge in [0.05, 0.1) is 17.2 Å². The van der Waals surface area contributed by atoms with E-state index in [1.165, 1.54) is 10.9 Å². The first-order valence-corrected chi connectivity index (χ1v) is 9.51. The maximum absolute atomic E-state index is 13.0. The smallest absolute Gasteiger partial charge is 0.342 e. The molecule has 2 aromatic heterocycles. The molecule has 0 fully saturated rings. The van der Waals surface area contributed by atoms with Gasteiger partial charge in [-0.15, -0.1) is 5.10 Å². The minimum atomic E-state index is -4.64. The van der Waals surface area contributed by atoms with Gasteiger partial charge in [-0.3, -0.25) is 4.79 Å². The van der Waals surface area contributed by atoms with Gasteiger partial charge in [-0.05, 0) is 37.3 Å². The number of aryl methyl sites for hydroxylation is 1. The average Bonchev–Trinajstić information content (AvgIpc) is 3.17. The van der Waals surface area contributed by atoms with Crippen molar-refractivity contribution in [1.82, 2.24) is 25.1 Å². The molecule has 2 heterocycles. The summed E-state index contributed by atoms with van der Waals surface area (Å²) in [7, 11) is 0. The second-order valence-electron chi connectivity index (χ2n) is 6.59. The van der Waals surface area contributed by atoms with Gasteiger partial charge in [0.15, 0.2) is 17.5 Å². The Bertz CT molecular complexity index is 1150. The minimum Gasteiger partial charge on any atom is -0.342 e. The Morgan fingerprint density at radius 2 is 2.06 bits per heavy atom. The lowest BCUT2D eigenvalue weighted by Crippen LogP contribution is -2.29. The fraction of sp³-hybridized carbons (Fsp3) is 0.250. The van der Waals surface area contributed by atoms with Crippen molar-refractivity contribution in [1.29, 1.82) is 5.26 Å². The molecule has 31 heavy (non-hydrogen) atoms. The van der Waals surface area contributed by atoms with Crippen LogP contribution in [-0.4, -0.2) is 25.7 Å². The molecule has 160 valence electrons. The molecule has 1 atom stereocenters. The van der Waals surface area contributed by atoms with Crippen LogP contribution in [0.3, 0.4) is 0 Å². The highest BCUT2D eigenvalue weighted by Gasteiger charge is 2.32. The van der Waals surface area contributed by atoms with Crippen molar-refractivity contribution in [2.75, 3.05) is 0 Å². The van der Waals surface area contributed by atoms with Crippen LogP contribution < -0.4 is 5.32 Å². The number of pyridine rings is 1. The van der Waals surface area contributed by atoms with Gasteiger partial charge in [0.2, 0.25) is 0 Å². The predicted molar refractivity (Wildman–Crippen MR) is 106 cm³/mol. The number of hydrogen-bond donors (Lipinski definition) is 1. The SMILES string of the molecule is CCc1nc([C@H](C)NC(=O)c2cc(Cl)cc(C(F)(F)F)c2)n(-c2ccc(C#N)cn2)n1. The quantitative estimate of drug-likeness (QED) is 0.629. The molecule has 1 N–H and O–H groups in total. The summed E-state index contributed by atoms with van der Waals surface area (Å²) in [6.07, 6.45) is -2.75. The third kappa shape index (κ3) is 5.00. The topological polar surface area (TPSA) is 96.5 Å². The van der Waals surface area contributed by atoms with E-state index < -0.39 is 23.7 Å². The molecule has 0 bridgehead atoms. The molecular weight excluding hydrogens is 433 g/mol. The number of halogens is 4. The maximum atomic E-state index is 13.0. The number of rotatable bonds is 5. The van der Waals surface area contributed by atoms with Crippen molar-refractivity contribution in [2.24, 2.45) is 0 Å². The Kier molecular flexibility index (Phi) is 6.27. The van der Waals surface area contributed by atoms with Crippen LogP contribution in [0.2, 0.25) is 5.02 Å². The highest BCUT2D eigenvalue weighted by atomic mass is 35.5. The number of benzene rings is 1. The minimum absolute atomic E-state index is 0.203. The van der Waals surface area contributed by atoms with Crippen LogP contribution in [-0.2, 0) is 12.6 Å². The van der Waals surface area contributed by atoms with E-state index in [2.05, 4.69) is 20.4 Å². The molecule has 1 aromatic carbocycles. The van der Waals surface area contributed by atoms with Crippen LogP contribution in [0.5, 0.6) is 0 Å². The number of carbonyl (C=O) groups is 1. The third-order valence-corrected chi connectivity index (χ3v) is 4.53. The molecule has 1 amide bonds. The largest absolute Gasteiger partial charge is 0.416 e. The van der Waals surface area contributed by atoms with Crippen LogP contribution in [0.1, 0.15) is 53.0 Å². The van der Waals surface area contributed by atoms with Gasteiger partial charge in [0.1, 0.15) is 6.07 Å². The Hall–Kier alpha value is -3.45. The van der Waals surface area contributed by atoms with Crippen LogP contribution >= 0.6 is 11.6 Å². The Balaban J connectivity index is 1.91. The van der Waals surface area contributed by atoms with Crippen LogP contribution in [0.4, 0.5) is 13.2 Å². The molecule has 0 aliphatic heterocycles. The lowest BCUT2D eigenvalue weighted by Gasteiger charge is -2.15. The van der Waals surface area contributed by atoms with Gasteiger partial charge < -0.3 is 5.32 Å². The molecule has 0 saturated heterocycles. The second-order valence-corrected chi connectivity index (χ2v) is 7.03. The lowest BCUT2D eigenvalue weighted by atomic mass is 10.1. The van der Waals surface area contributed by atoms with Crippen molar-refractivity contribution in [2.45, 2.75) is 32.5 Å². The predicted octanol–water partition coefficient (Wildman–Crippen LogP) is 4.26. The van der Waals surface area contributed by atoms with E-state index >= 15 is 0 Å². The zero-order chi connectivity index (χ0) is 22.8. The molecule has 0 aliphatic rings. The van der Waals surface area contributed by atoms with Gasteiger partial charge in [0.25, 0.3) is 5.91 Å². The van der Waals surface area contributed by atoms with Crippen molar-refractivity contribution in [3.05, 3.63) is 69.9 Å². The summed E-state index contributed by atoms with van der Waals surface area (Å²) < 4.78 is 40.5. The van der Waals surface area contributed by atoms with Crippen molar-refractivity contribution in [3.8, 4) is 11.9 Å². The van der Waals surface area contributed by atoms with Crippen molar-refractivity contribution in [3.63, 3.8) is 0 Å². The Labute approximate surface area is 180 Å². The zero-order valence-corrected chi connectivity index (χ0v) is 17.2. The van der Waals surface area contributed by atoms with E-state index in [9.17, 15) is 18.0 Å². The first-order valence-electron chi connectivity index (χ1n) is 9.13. The van der Waals surface area contributed by atoms with Crippen molar-refractivity contribution < 1.29 is 18.0 Å². The molecule has 3 rings (SSSR count). The summed E-state index contributed by atoms with van der Waals surface area (Å²) in [5, 5.41) is 15.7. The van der Waals surface area contributed by atoms with Gasteiger partial charge >= 0.3 is 6.18 Å². The summed E-state index contributed by atoms with van der Waals surface area (Å²) in [6.45, 7) is 3.47. The summed E-state index contributed by atoms with van der Waals surface area (Å²) in [6, 6.07) is 7.04. The fourth-order valence-corrected chi connectivity index (χ4v) is 3.01. The number of alkyl halides is 3. The molecule has 0 radical (unpaired) electrons. The van der Waals surface area contributed by atoms with Gasteiger partial charge in [-0.2, -0.15) is 23.1 Å². The van der Waals surface area contributed by atoms with Crippen LogP contribution in [0.15, 0.2) is 36.5 Å². The van der Waals surface area contributed by atoms with E-state index in [0.29, 0.717) is 29.5 Å².